The molecule has 8 nitrogen and oxygen atoms in total. The minimum Gasteiger partial charge on any atom is -0.497 e. The van der Waals surface area contributed by atoms with Crippen LogP contribution in [-0.4, -0.2) is 60.5 Å². The Morgan fingerprint density at radius 2 is 1.77 bits per heavy atom. The van der Waals surface area contributed by atoms with Gasteiger partial charge in [0.05, 0.1) is 31.8 Å². The lowest BCUT2D eigenvalue weighted by Crippen LogP contribution is -2.26. The van der Waals surface area contributed by atoms with E-state index in [0.29, 0.717) is 41.8 Å². The lowest BCUT2D eigenvalue weighted by molar-refractivity contribution is -0.00857. The summed E-state index contributed by atoms with van der Waals surface area (Å²) in [5.74, 6) is 1.65. The van der Waals surface area contributed by atoms with Crippen LogP contribution < -0.4 is 18.9 Å². The number of fused-ring (bicyclic) bond motifs is 1. The monoisotopic (exact) mass is 418 g/mol. The van der Waals surface area contributed by atoms with Gasteiger partial charge in [-0.25, -0.2) is 0 Å². The molecule has 162 valence electrons. The van der Waals surface area contributed by atoms with Gasteiger partial charge in [0.2, 0.25) is 0 Å². The molecule has 0 aromatic heterocycles. The molecule has 2 aromatic carbocycles. The number of carbonyl (C=O) groups excluding carboxylic acids is 1. The Morgan fingerprint density at radius 1 is 0.933 bits per heavy atom. The average Bonchev–Trinajstić information content (AvgIpc) is 2.78. The molecular formula is C22H26O8. The Bertz CT molecular complexity index is 851. The molecule has 0 N–H and O–H groups in total. The van der Waals surface area contributed by atoms with Gasteiger partial charge in [0.1, 0.15) is 29.6 Å². The summed E-state index contributed by atoms with van der Waals surface area (Å²) < 4.78 is 37.5. The summed E-state index contributed by atoms with van der Waals surface area (Å²) in [6, 6.07) is 10.5. The van der Waals surface area contributed by atoms with E-state index < -0.39 is 5.92 Å². The van der Waals surface area contributed by atoms with Crippen LogP contribution in [0.25, 0.3) is 0 Å². The van der Waals surface area contributed by atoms with E-state index in [0.717, 1.165) is 5.56 Å². The zero-order valence-corrected chi connectivity index (χ0v) is 17.3. The Kier molecular flexibility index (Phi) is 7.89. The first-order chi connectivity index (χ1) is 14.7. The largest absolute Gasteiger partial charge is 0.497 e. The van der Waals surface area contributed by atoms with Crippen LogP contribution in [0.1, 0.15) is 21.8 Å². The van der Waals surface area contributed by atoms with Crippen molar-refractivity contribution in [1.29, 1.82) is 0 Å². The summed E-state index contributed by atoms with van der Waals surface area (Å²) in [6.45, 7) is 1.27. The standard InChI is InChI=1S/C22H26O8/c1-24-8-9-27-14-29-16-5-7-18-21(11-16)28-12-19(22(18)23)17-6-4-15(26-3)10-20(17)30-13-25-2/h4-7,10-11,19H,8-9,12-14H2,1-3H3. The maximum Gasteiger partial charge on any atom is 0.189 e. The maximum atomic E-state index is 13.2. The van der Waals surface area contributed by atoms with Gasteiger partial charge in [-0.15, -0.1) is 0 Å². The van der Waals surface area contributed by atoms with Gasteiger partial charge in [-0.1, -0.05) is 6.07 Å². The van der Waals surface area contributed by atoms with E-state index in [2.05, 4.69) is 0 Å². The zero-order valence-electron chi connectivity index (χ0n) is 17.3. The second-order valence-electron chi connectivity index (χ2n) is 6.50. The molecule has 1 atom stereocenters. The molecule has 0 saturated carbocycles. The van der Waals surface area contributed by atoms with E-state index in [4.69, 9.17) is 33.2 Å². The molecule has 30 heavy (non-hydrogen) atoms. The number of rotatable bonds is 11. The number of carbonyl (C=O) groups is 1. The smallest absolute Gasteiger partial charge is 0.189 e. The van der Waals surface area contributed by atoms with Crippen molar-refractivity contribution in [1.82, 2.24) is 0 Å². The Morgan fingerprint density at radius 3 is 2.53 bits per heavy atom. The first-order valence-corrected chi connectivity index (χ1v) is 9.48. The molecule has 0 aliphatic carbocycles. The third-order valence-electron chi connectivity index (χ3n) is 4.61. The van der Waals surface area contributed by atoms with Crippen LogP contribution in [-0.2, 0) is 14.2 Å². The van der Waals surface area contributed by atoms with Crippen LogP contribution in [0, 0.1) is 0 Å². The molecule has 0 radical (unpaired) electrons. The average molecular weight is 418 g/mol. The fourth-order valence-electron chi connectivity index (χ4n) is 3.07. The van der Waals surface area contributed by atoms with Gasteiger partial charge in [-0.3, -0.25) is 4.79 Å². The van der Waals surface area contributed by atoms with Gasteiger partial charge in [0.15, 0.2) is 19.4 Å². The van der Waals surface area contributed by atoms with Crippen molar-refractivity contribution in [3.63, 3.8) is 0 Å². The topological polar surface area (TPSA) is 81.7 Å². The highest BCUT2D eigenvalue weighted by Crippen LogP contribution is 2.39. The van der Waals surface area contributed by atoms with Gasteiger partial charge >= 0.3 is 0 Å². The van der Waals surface area contributed by atoms with Crippen LogP contribution in [0.3, 0.4) is 0 Å². The van der Waals surface area contributed by atoms with Crippen molar-refractivity contribution in [3.8, 4) is 23.0 Å². The van der Waals surface area contributed by atoms with E-state index in [1.165, 1.54) is 7.11 Å². The normalized spacial score (nSPS) is 15.3. The third-order valence-corrected chi connectivity index (χ3v) is 4.61. The Labute approximate surface area is 175 Å². The fraction of sp³-hybridized carbons (Fsp3) is 0.409. The van der Waals surface area contributed by atoms with Crippen LogP contribution in [0.4, 0.5) is 0 Å². The lowest BCUT2D eigenvalue weighted by Gasteiger charge is -2.26. The highest BCUT2D eigenvalue weighted by molar-refractivity contribution is 6.04. The van der Waals surface area contributed by atoms with Crippen molar-refractivity contribution in [3.05, 3.63) is 47.5 Å². The van der Waals surface area contributed by atoms with Crippen molar-refractivity contribution < 1.29 is 38.0 Å². The number of ether oxygens (including phenoxy) is 7. The molecule has 1 aliphatic heterocycles. The van der Waals surface area contributed by atoms with E-state index >= 15 is 0 Å². The minimum atomic E-state index is -0.501. The predicted octanol–water partition coefficient (Wildman–Crippen LogP) is 3.04. The van der Waals surface area contributed by atoms with Gasteiger partial charge in [0.25, 0.3) is 0 Å². The molecule has 1 unspecified atom stereocenters. The van der Waals surface area contributed by atoms with Crippen LogP contribution in [0.5, 0.6) is 23.0 Å². The molecule has 0 spiro atoms. The van der Waals surface area contributed by atoms with Crippen molar-refractivity contribution >= 4 is 5.78 Å². The molecule has 0 amide bonds. The Balaban J connectivity index is 1.74. The minimum absolute atomic E-state index is 0.0495. The van der Waals surface area contributed by atoms with Gasteiger partial charge in [-0.05, 0) is 18.2 Å². The SMILES string of the molecule is COCCOCOc1ccc2c(c1)OCC(c1ccc(OC)cc1OCOC)C2=O. The molecular weight excluding hydrogens is 392 g/mol. The van der Waals surface area contributed by atoms with Crippen LogP contribution in [0.15, 0.2) is 36.4 Å². The molecule has 0 fully saturated rings. The number of Topliss-reactive ketones (excluding diaryl/α,β-unsaturated/α-hetero) is 1. The predicted molar refractivity (Wildman–Crippen MR) is 108 cm³/mol. The second kappa shape index (κ2) is 10.8. The summed E-state index contributed by atoms with van der Waals surface area (Å²) in [5.41, 5.74) is 1.21. The number of benzene rings is 2. The maximum absolute atomic E-state index is 13.2. The van der Waals surface area contributed by atoms with E-state index in [1.807, 2.05) is 6.07 Å². The number of ketones is 1. The van der Waals surface area contributed by atoms with E-state index in [1.54, 1.807) is 44.6 Å². The number of hydrogen-bond donors (Lipinski definition) is 0. The van der Waals surface area contributed by atoms with Gasteiger partial charge in [0, 0.05) is 31.9 Å². The third kappa shape index (κ3) is 5.21. The molecule has 8 heteroatoms. The fourth-order valence-corrected chi connectivity index (χ4v) is 3.07. The summed E-state index contributed by atoms with van der Waals surface area (Å²) in [7, 11) is 4.71. The summed E-state index contributed by atoms with van der Waals surface area (Å²) in [4.78, 5) is 13.2. The first kappa shape index (κ1) is 21.9. The molecule has 0 bridgehead atoms. The first-order valence-electron chi connectivity index (χ1n) is 9.48. The van der Waals surface area contributed by atoms with Gasteiger partial charge < -0.3 is 33.2 Å². The zero-order chi connectivity index (χ0) is 21.3. The molecule has 2 aromatic rings. The quantitative estimate of drug-likeness (QED) is 0.407. The second-order valence-corrected chi connectivity index (χ2v) is 6.50. The molecule has 0 saturated heterocycles. The van der Waals surface area contributed by atoms with E-state index in [-0.39, 0.29) is 26.0 Å². The lowest BCUT2D eigenvalue weighted by atomic mass is 9.88. The molecule has 3 rings (SSSR count). The number of hydrogen-bond acceptors (Lipinski definition) is 8. The van der Waals surface area contributed by atoms with Gasteiger partial charge in [-0.2, -0.15) is 0 Å². The van der Waals surface area contributed by atoms with Crippen molar-refractivity contribution in [2.45, 2.75) is 5.92 Å². The highest BCUT2D eigenvalue weighted by Gasteiger charge is 2.32. The Hall–Kier alpha value is -2.81. The summed E-state index contributed by atoms with van der Waals surface area (Å²) in [5, 5.41) is 0. The summed E-state index contributed by atoms with van der Waals surface area (Å²) in [6.07, 6.45) is 0. The summed E-state index contributed by atoms with van der Waals surface area (Å²) >= 11 is 0. The van der Waals surface area contributed by atoms with Crippen molar-refractivity contribution in [2.24, 2.45) is 0 Å². The number of methoxy groups -OCH3 is 3. The van der Waals surface area contributed by atoms with Crippen LogP contribution >= 0.6 is 0 Å². The van der Waals surface area contributed by atoms with E-state index in [9.17, 15) is 4.79 Å². The van der Waals surface area contributed by atoms with Crippen molar-refractivity contribution in [2.75, 3.05) is 54.7 Å². The highest BCUT2D eigenvalue weighted by atomic mass is 16.7. The van der Waals surface area contributed by atoms with Crippen LogP contribution in [0.2, 0.25) is 0 Å². The molecule has 1 aliphatic rings. The molecule has 1 heterocycles.